The van der Waals surface area contributed by atoms with E-state index < -0.39 is 6.29 Å². The second-order valence-corrected chi connectivity index (χ2v) is 10.2. The van der Waals surface area contributed by atoms with Crippen molar-refractivity contribution in [3.63, 3.8) is 0 Å². The van der Waals surface area contributed by atoms with Gasteiger partial charge in [0.2, 0.25) is 0 Å². The Morgan fingerprint density at radius 2 is 1.51 bits per heavy atom. The lowest BCUT2D eigenvalue weighted by Gasteiger charge is -2.17. The largest absolute Gasteiger partial charge is 0.364 e. The van der Waals surface area contributed by atoms with Crippen molar-refractivity contribution in [2.24, 2.45) is 0 Å². The summed E-state index contributed by atoms with van der Waals surface area (Å²) in [7, 11) is 0. The van der Waals surface area contributed by atoms with E-state index in [0.29, 0.717) is 17.7 Å². The number of benzene rings is 4. The highest BCUT2D eigenvalue weighted by atomic mass is 16.5. The van der Waals surface area contributed by atoms with E-state index in [1.54, 1.807) is 12.1 Å². The van der Waals surface area contributed by atoms with Crippen LogP contribution in [0.15, 0.2) is 91.0 Å². The minimum Gasteiger partial charge on any atom is -0.364 e. The average Bonchev–Trinajstić information content (AvgIpc) is 3.17. The predicted molar refractivity (Wildman–Crippen MR) is 157 cm³/mol. The Balaban J connectivity index is 1.39. The van der Waals surface area contributed by atoms with Crippen molar-refractivity contribution in [2.75, 3.05) is 0 Å². The summed E-state index contributed by atoms with van der Waals surface area (Å²) in [6.07, 6.45) is -1.52. The van der Waals surface area contributed by atoms with Crippen LogP contribution < -0.4 is 5.32 Å². The molecule has 0 aliphatic carbocycles. The molecule has 5 heteroatoms. The van der Waals surface area contributed by atoms with Gasteiger partial charge in [-0.25, -0.2) is 0 Å². The van der Waals surface area contributed by atoms with Crippen LogP contribution in [0.2, 0.25) is 0 Å². The summed E-state index contributed by atoms with van der Waals surface area (Å²) in [6, 6.07) is 29.5. The molecule has 0 fully saturated rings. The van der Waals surface area contributed by atoms with E-state index in [2.05, 4.69) is 54.9 Å². The van der Waals surface area contributed by atoms with Crippen LogP contribution in [-0.4, -0.2) is 20.7 Å². The molecule has 39 heavy (non-hydrogen) atoms. The van der Waals surface area contributed by atoms with E-state index in [-0.39, 0.29) is 11.9 Å². The quantitative estimate of drug-likeness (QED) is 0.209. The van der Waals surface area contributed by atoms with Crippen molar-refractivity contribution in [1.82, 2.24) is 9.88 Å². The first-order valence-electron chi connectivity index (χ1n) is 13.2. The molecule has 1 aromatic heterocycles. The third-order valence-corrected chi connectivity index (χ3v) is 7.75. The van der Waals surface area contributed by atoms with E-state index in [0.717, 1.165) is 50.0 Å². The Labute approximate surface area is 229 Å². The fraction of sp³-hybridized carbons (Fsp3) is 0.206. The average molecular weight is 519 g/mol. The number of fused-ring (bicyclic) bond motifs is 1. The molecule has 0 bridgehead atoms. The molecule has 1 atom stereocenters. The molecule has 1 unspecified atom stereocenters. The van der Waals surface area contributed by atoms with Crippen LogP contribution in [0, 0.1) is 20.8 Å². The van der Waals surface area contributed by atoms with Gasteiger partial charge in [0, 0.05) is 34.3 Å². The van der Waals surface area contributed by atoms with Gasteiger partial charge in [0.05, 0.1) is 6.04 Å². The summed E-state index contributed by atoms with van der Waals surface area (Å²) < 4.78 is 2.28. The molecule has 0 saturated carbocycles. The minimum atomic E-state index is -1.52. The molecule has 0 aliphatic heterocycles. The highest BCUT2D eigenvalue weighted by molar-refractivity contribution is 5.99. The van der Waals surface area contributed by atoms with Gasteiger partial charge >= 0.3 is 0 Å². The maximum absolute atomic E-state index is 13.1. The van der Waals surface area contributed by atoms with Gasteiger partial charge in [0.15, 0.2) is 6.29 Å². The third-order valence-electron chi connectivity index (χ3n) is 7.75. The monoisotopic (exact) mass is 518 g/mol. The van der Waals surface area contributed by atoms with Crippen molar-refractivity contribution in [2.45, 2.75) is 46.6 Å². The van der Waals surface area contributed by atoms with Gasteiger partial charge < -0.3 is 20.1 Å². The maximum Gasteiger partial charge on any atom is 0.251 e. The summed E-state index contributed by atoms with van der Waals surface area (Å²) in [4.78, 5) is 13.1. The maximum atomic E-state index is 13.1. The molecule has 5 aromatic rings. The Kier molecular flexibility index (Phi) is 7.38. The molecule has 5 nitrogen and oxygen atoms in total. The lowest BCUT2D eigenvalue weighted by atomic mass is 9.98. The number of nitrogens with zero attached hydrogens (tertiary/aromatic N) is 1. The second-order valence-electron chi connectivity index (χ2n) is 10.2. The van der Waals surface area contributed by atoms with Crippen LogP contribution in [0.5, 0.6) is 0 Å². The van der Waals surface area contributed by atoms with Crippen molar-refractivity contribution in [1.29, 1.82) is 0 Å². The number of amides is 1. The van der Waals surface area contributed by atoms with Crippen LogP contribution in [0.4, 0.5) is 0 Å². The minimum absolute atomic E-state index is 0.0821. The Bertz CT molecular complexity index is 1650. The normalized spacial score (nSPS) is 12.2. The standard InChI is InChI=1S/C34H34N2O3/c1-21-9-5-6-10-28(21)23(3)35-33(37)27-17-18-32-31(19-27)22(2)24(4)36(32)20-25-13-15-26(16-14-25)29-11-7-8-12-30(29)34(38)39/h5-19,23,34,38-39H,20H2,1-4H3,(H,35,37). The molecule has 198 valence electrons. The number of aliphatic hydroxyl groups excluding tert-OH is 1. The van der Waals surface area contributed by atoms with Crippen LogP contribution in [0.25, 0.3) is 22.0 Å². The lowest BCUT2D eigenvalue weighted by molar-refractivity contribution is -0.0420. The lowest BCUT2D eigenvalue weighted by Crippen LogP contribution is -2.27. The SMILES string of the molecule is Cc1ccccc1C(C)NC(=O)c1ccc2c(c1)c(C)c(C)n2Cc1ccc(-c2ccccc2C(O)O)cc1. The Morgan fingerprint density at radius 1 is 0.846 bits per heavy atom. The molecular formula is C34H34N2O3. The first kappa shape index (κ1) is 26.4. The van der Waals surface area contributed by atoms with Crippen molar-refractivity contribution < 1.29 is 15.0 Å². The zero-order chi connectivity index (χ0) is 27.7. The van der Waals surface area contributed by atoms with Gasteiger partial charge in [-0.05, 0) is 79.3 Å². The number of aryl methyl sites for hydroxylation is 2. The Hall–Kier alpha value is -4.19. The predicted octanol–water partition coefficient (Wildman–Crippen LogP) is 6.76. The molecule has 3 N–H and O–H groups in total. The van der Waals surface area contributed by atoms with E-state index >= 15 is 0 Å². The number of hydrogen-bond donors (Lipinski definition) is 3. The Morgan fingerprint density at radius 3 is 2.21 bits per heavy atom. The molecule has 0 spiro atoms. The van der Waals surface area contributed by atoms with Crippen LogP contribution >= 0.6 is 0 Å². The molecule has 1 amide bonds. The van der Waals surface area contributed by atoms with E-state index in [1.807, 2.05) is 61.5 Å². The fourth-order valence-corrected chi connectivity index (χ4v) is 5.38. The zero-order valence-electron chi connectivity index (χ0n) is 22.8. The van der Waals surface area contributed by atoms with Crippen LogP contribution in [-0.2, 0) is 6.54 Å². The van der Waals surface area contributed by atoms with Gasteiger partial charge in [0.25, 0.3) is 5.91 Å². The second kappa shape index (κ2) is 10.9. The van der Waals surface area contributed by atoms with E-state index in [1.165, 1.54) is 0 Å². The molecule has 0 saturated heterocycles. The van der Waals surface area contributed by atoms with Crippen LogP contribution in [0.1, 0.15) is 63.1 Å². The van der Waals surface area contributed by atoms with Gasteiger partial charge in [-0.3, -0.25) is 4.79 Å². The number of nitrogens with one attached hydrogen (secondary N) is 1. The topological polar surface area (TPSA) is 74.5 Å². The number of carbonyl (C=O) groups excluding carboxylic acids is 1. The summed E-state index contributed by atoms with van der Waals surface area (Å²) >= 11 is 0. The van der Waals surface area contributed by atoms with E-state index in [4.69, 9.17) is 0 Å². The van der Waals surface area contributed by atoms with Crippen LogP contribution in [0.3, 0.4) is 0 Å². The number of hydrogen-bond acceptors (Lipinski definition) is 3. The fourth-order valence-electron chi connectivity index (χ4n) is 5.38. The molecule has 4 aromatic carbocycles. The first-order chi connectivity index (χ1) is 18.7. The van der Waals surface area contributed by atoms with Crippen molar-refractivity contribution >= 4 is 16.8 Å². The van der Waals surface area contributed by atoms with Crippen molar-refractivity contribution in [3.8, 4) is 11.1 Å². The molecule has 5 rings (SSSR count). The van der Waals surface area contributed by atoms with Gasteiger partial charge in [-0.15, -0.1) is 0 Å². The molecule has 0 aliphatic rings. The smallest absolute Gasteiger partial charge is 0.251 e. The highest BCUT2D eigenvalue weighted by Crippen LogP contribution is 2.30. The third kappa shape index (κ3) is 5.24. The zero-order valence-corrected chi connectivity index (χ0v) is 22.8. The molecule has 1 heterocycles. The highest BCUT2D eigenvalue weighted by Gasteiger charge is 2.17. The first-order valence-corrected chi connectivity index (χ1v) is 13.2. The number of carbonyl (C=O) groups is 1. The van der Waals surface area contributed by atoms with Gasteiger partial charge in [-0.1, -0.05) is 72.8 Å². The summed E-state index contributed by atoms with van der Waals surface area (Å²) in [5.41, 5.74) is 9.70. The van der Waals surface area contributed by atoms with Gasteiger partial charge in [-0.2, -0.15) is 0 Å². The summed E-state index contributed by atoms with van der Waals surface area (Å²) in [5.74, 6) is -0.0821. The molecular weight excluding hydrogens is 484 g/mol. The molecule has 0 radical (unpaired) electrons. The number of aromatic nitrogens is 1. The summed E-state index contributed by atoms with van der Waals surface area (Å²) in [5, 5.41) is 23.7. The van der Waals surface area contributed by atoms with E-state index in [9.17, 15) is 15.0 Å². The number of aliphatic hydroxyl groups is 2. The number of rotatable bonds is 7. The summed E-state index contributed by atoms with van der Waals surface area (Å²) in [6.45, 7) is 8.98. The van der Waals surface area contributed by atoms with Gasteiger partial charge in [0.1, 0.15) is 0 Å². The van der Waals surface area contributed by atoms with Crippen molar-refractivity contribution in [3.05, 3.63) is 130 Å².